The van der Waals surface area contributed by atoms with Gasteiger partial charge >= 0.3 is 11.9 Å². The molecule has 0 bridgehead atoms. The Morgan fingerprint density at radius 1 is 0.629 bits per heavy atom. The smallest absolute Gasteiger partial charge is 0.343 e. The van der Waals surface area contributed by atoms with E-state index >= 15 is 0 Å². The lowest BCUT2D eigenvalue weighted by Gasteiger charge is -2.08. The van der Waals surface area contributed by atoms with E-state index in [1.54, 1.807) is 12.1 Å². The Hall–Kier alpha value is -3.60. The van der Waals surface area contributed by atoms with Gasteiger partial charge in [0.2, 0.25) is 0 Å². The maximum Gasteiger partial charge on any atom is 0.343 e. The van der Waals surface area contributed by atoms with Crippen LogP contribution in [0.2, 0.25) is 0 Å². The number of hydrogen-bond donors (Lipinski definition) is 1. The van der Waals surface area contributed by atoms with Crippen molar-refractivity contribution in [2.75, 3.05) is 6.61 Å². The summed E-state index contributed by atoms with van der Waals surface area (Å²) in [5, 5.41) is 8.95. The highest BCUT2D eigenvalue weighted by Crippen LogP contribution is 2.24. The third kappa shape index (κ3) is 8.60. The number of benzene rings is 3. The molecule has 0 saturated heterocycles. The second-order valence-electron chi connectivity index (χ2n) is 8.64. The molecule has 0 radical (unpaired) electrons. The zero-order valence-corrected chi connectivity index (χ0v) is 20.4. The number of unbranched alkanes of at least 4 members (excludes halogenated alkanes) is 7. The zero-order valence-electron chi connectivity index (χ0n) is 20.4. The highest BCUT2D eigenvalue weighted by atomic mass is 16.5. The molecule has 3 aromatic rings. The lowest BCUT2D eigenvalue weighted by molar-refractivity contribution is 0.0696. The van der Waals surface area contributed by atoms with Crippen LogP contribution in [0.4, 0.5) is 0 Å². The second-order valence-corrected chi connectivity index (χ2v) is 8.64. The van der Waals surface area contributed by atoms with Crippen LogP contribution in [0.15, 0.2) is 72.8 Å². The maximum atomic E-state index is 12.4. The summed E-state index contributed by atoms with van der Waals surface area (Å²) in [7, 11) is 0. The minimum Gasteiger partial charge on any atom is -0.494 e. The monoisotopic (exact) mass is 474 g/mol. The minimum atomic E-state index is -1.03. The molecule has 0 heterocycles. The summed E-state index contributed by atoms with van der Waals surface area (Å²) >= 11 is 0. The fourth-order valence-electron chi connectivity index (χ4n) is 3.80. The lowest BCUT2D eigenvalue weighted by atomic mass is 10.0. The first-order valence-electron chi connectivity index (χ1n) is 12.5. The number of rotatable bonds is 14. The van der Waals surface area contributed by atoms with Crippen LogP contribution in [0.1, 0.15) is 79.0 Å². The van der Waals surface area contributed by atoms with Crippen LogP contribution in [0.25, 0.3) is 11.1 Å². The van der Waals surface area contributed by atoms with Gasteiger partial charge in [-0.05, 0) is 66.1 Å². The molecule has 0 aromatic heterocycles. The average molecular weight is 475 g/mol. The molecule has 0 aliphatic rings. The van der Waals surface area contributed by atoms with Crippen LogP contribution >= 0.6 is 0 Å². The van der Waals surface area contributed by atoms with Crippen LogP contribution < -0.4 is 9.47 Å². The van der Waals surface area contributed by atoms with Crippen LogP contribution in [0, 0.1) is 0 Å². The predicted molar refractivity (Wildman–Crippen MR) is 138 cm³/mol. The summed E-state index contributed by atoms with van der Waals surface area (Å²) in [5.41, 5.74) is 2.58. The van der Waals surface area contributed by atoms with Crippen LogP contribution in [0.5, 0.6) is 11.5 Å². The fourth-order valence-corrected chi connectivity index (χ4v) is 3.80. The summed E-state index contributed by atoms with van der Waals surface area (Å²) in [6.07, 6.45) is 10.3. The van der Waals surface area contributed by atoms with E-state index in [4.69, 9.17) is 14.6 Å². The molecular formula is C30H34O5. The summed E-state index contributed by atoms with van der Waals surface area (Å²) < 4.78 is 11.2. The van der Waals surface area contributed by atoms with Crippen molar-refractivity contribution in [3.05, 3.63) is 83.9 Å². The van der Waals surface area contributed by atoms with Crippen molar-refractivity contribution in [1.82, 2.24) is 0 Å². The van der Waals surface area contributed by atoms with Crippen molar-refractivity contribution in [1.29, 1.82) is 0 Å². The van der Waals surface area contributed by atoms with Gasteiger partial charge in [0.1, 0.15) is 11.5 Å². The van der Waals surface area contributed by atoms with E-state index in [0.717, 1.165) is 29.9 Å². The molecule has 0 atom stereocenters. The number of carbonyl (C=O) groups excluding carboxylic acids is 1. The molecule has 1 N–H and O–H groups in total. The van der Waals surface area contributed by atoms with Crippen LogP contribution in [-0.4, -0.2) is 23.7 Å². The Kier molecular flexibility index (Phi) is 10.4. The Bertz CT molecular complexity index is 1050. The number of carboxylic acids is 1. The Balaban J connectivity index is 1.43. The molecule has 3 aromatic carbocycles. The van der Waals surface area contributed by atoms with E-state index < -0.39 is 11.9 Å². The highest BCUT2D eigenvalue weighted by Gasteiger charge is 2.10. The van der Waals surface area contributed by atoms with Gasteiger partial charge in [0.15, 0.2) is 0 Å². The van der Waals surface area contributed by atoms with Gasteiger partial charge in [0.25, 0.3) is 0 Å². The van der Waals surface area contributed by atoms with E-state index in [1.165, 1.54) is 69.2 Å². The van der Waals surface area contributed by atoms with Gasteiger partial charge in [0, 0.05) is 0 Å². The van der Waals surface area contributed by atoms with Crippen molar-refractivity contribution >= 4 is 11.9 Å². The lowest BCUT2D eigenvalue weighted by Crippen LogP contribution is -2.08. The fraction of sp³-hybridized carbons (Fsp3) is 0.333. The molecule has 0 spiro atoms. The Labute approximate surface area is 207 Å². The number of hydrogen-bond acceptors (Lipinski definition) is 4. The third-order valence-electron chi connectivity index (χ3n) is 5.89. The molecule has 184 valence electrons. The van der Waals surface area contributed by atoms with Crippen molar-refractivity contribution in [2.24, 2.45) is 0 Å². The van der Waals surface area contributed by atoms with E-state index in [2.05, 4.69) is 6.92 Å². The van der Waals surface area contributed by atoms with Gasteiger partial charge in [0.05, 0.1) is 17.7 Å². The number of aromatic carboxylic acids is 1. The van der Waals surface area contributed by atoms with Crippen LogP contribution in [-0.2, 0) is 0 Å². The minimum absolute atomic E-state index is 0.138. The van der Waals surface area contributed by atoms with Crippen molar-refractivity contribution in [3.8, 4) is 22.6 Å². The van der Waals surface area contributed by atoms with E-state index in [9.17, 15) is 9.59 Å². The molecule has 0 aliphatic heterocycles. The number of carboxylic acid groups (broad SMARTS) is 1. The Morgan fingerprint density at radius 2 is 1.11 bits per heavy atom. The third-order valence-corrected chi connectivity index (χ3v) is 5.89. The normalized spacial score (nSPS) is 10.7. The highest BCUT2D eigenvalue weighted by molar-refractivity contribution is 5.92. The standard InChI is InChI=1S/C30H34O5/c1-2-3-4-5-6-7-8-9-22-34-27-18-14-24(15-19-27)23-10-12-26(13-11-23)30(33)35-28-20-16-25(17-21-28)29(31)32/h10-21H,2-9,22H2,1H3,(H,31,32). The largest absolute Gasteiger partial charge is 0.494 e. The van der Waals surface area contributed by atoms with Gasteiger partial charge in [-0.1, -0.05) is 76.1 Å². The molecule has 0 amide bonds. The van der Waals surface area contributed by atoms with Crippen LogP contribution in [0.3, 0.4) is 0 Å². The van der Waals surface area contributed by atoms with Gasteiger partial charge in [-0.2, -0.15) is 0 Å². The van der Waals surface area contributed by atoms with E-state index in [-0.39, 0.29) is 5.56 Å². The molecular weight excluding hydrogens is 440 g/mol. The summed E-state index contributed by atoms with van der Waals surface area (Å²) in [6, 6.07) is 20.9. The average Bonchev–Trinajstić information content (AvgIpc) is 2.88. The summed E-state index contributed by atoms with van der Waals surface area (Å²) in [4.78, 5) is 23.3. The number of esters is 1. The molecule has 35 heavy (non-hydrogen) atoms. The first-order chi connectivity index (χ1) is 17.1. The second kappa shape index (κ2) is 14.0. The van der Waals surface area contributed by atoms with Gasteiger partial charge in [-0.15, -0.1) is 0 Å². The Morgan fingerprint density at radius 3 is 1.69 bits per heavy atom. The molecule has 0 fully saturated rings. The molecule has 5 nitrogen and oxygen atoms in total. The van der Waals surface area contributed by atoms with Crippen molar-refractivity contribution in [2.45, 2.75) is 58.3 Å². The molecule has 0 saturated carbocycles. The topological polar surface area (TPSA) is 72.8 Å². The SMILES string of the molecule is CCCCCCCCCCOc1ccc(-c2ccc(C(=O)Oc3ccc(C(=O)O)cc3)cc2)cc1. The van der Waals surface area contributed by atoms with Crippen molar-refractivity contribution in [3.63, 3.8) is 0 Å². The maximum absolute atomic E-state index is 12.4. The number of ether oxygens (including phenoxy) is 2. The quantitative estimate of drug-likeness (QED) is 0.147. The number of carbonyl (C=O) groups is 2. The van der Waals surface area contributed by atoms with Crippen molar-refractivity contribution < 1.29 is 24.2 Å². The first kappa shape index (κ1) is 26.0. The van der Waals surface area contributed by atoms with E-state index in [0.29, 0.717) is 11.3 Å². The molecule has 5 heteroatoms. The predicted octanol–water partition coefficient (Wildman–Crippen LogP) is 7.79. The van der Waals surface area contributed by atoms with E-state index in [1.807, 2.05) is 36.4 Å². The molecule has 0 aliphatic carbocycles. The van der Waals surface area contributed by atoms with Gasteiger partial charge in [-0.3, -0.25) is 0 Å². The first-order valence-corrected chi connectivity index (χ1v) is 12.5. The molecule has 0 unspecified atom stereocenters. The molecule has 3 rings (SSSR count). The summed E-state index contributed by atoms with van der Waals surface area (Å²) in [5.74, 6) is -0.358. The van der Waals surface area contributed by atoms with Gasteiger partial charge < -0.3 is 14.6 Å². The van der Waals surface area contributed by atoms with Gasteiger partial charge in [-0.25, -0.2) is 9.59 Å². The summed E-state index contributed by atoms with van der Waals surface area (Å²) in [6.45, 7) is 2.98. The zero-order chi connectivity index (χ0) is 24.9.